The van der Waals surface area contributed by atoms with Crippen LogP contribution in [0.2, 0.25) is 0 Å². The minimum absolute atomic E-state index is 0.363. The lowest BCUT2D eigenvalue weighted by Gasteiger charge is -2.34. The van der Waals surface area contributed by atoms with Gasteiger partial charge in [-0.2, -0.15) is 0 Å². The summed E-state index contributed by atoms with van der Waals surface area (Å²) in [6, 6.07) is 6.66. The molecule has 1 saturated heterocycles. The summed E-state index contributed by atoms with van der Waals surface area (Å²) in [7, 11) is 2.19. The van der Waals surface area contributed by atoms with Crippen LogP contribution in [0.1, 0.15) is 12.5 Å². The molecule has 0 bridgehead atoms. The molecule has 118 valence electrons. The lowest BCUT2D eigenvalue weighted by molar-refractivity contribution is 0.151. The zero-order chi connectivity index (χ0) is 15.5. The predicted molar refractivity (Wildman–Crippen MR) is 91.3 cm³/mol. The molecule has 1 aromatic carbocycles. The number of aryl methyl sites for hydroxylation is 1. The highest BCUT2D eigenvalue weighted by Crippen LogP contribution is 2.21. The number of nitrogens with zero attached hydrogens (tertiary/aromatic N) is 4. The summed E-state index contributed by atoms with van der Waals surface area (Å²) < 4.78 is 0. The highest BCUT2D eigenvalue weighted by molar-refractivity contribution is 5.89. The minimum atomic E-state index is 0.363. The van der Waals surface area contributed by atoms with Gasteiger partial charge in [-0.25, -0.2) is 9.97 Å². The molecule has 5 heteroatoms. The molecule has 1 N–H and O–H groups in total. The first kappa shape index (κ1) is 15.2. The van der Waals surface area contributed by atoms with E-state index in [0.29, 0.717) is 6.04 Å². The van der Waals surface area contributed by atoms with Crippen LogP contribution in [0.4, 0.5) is 5.82 Å². The Bertz CT molecular complexity index is 634. The summed E-state index contributed by atoms with van der Waals surface area (Å²) in [4.78, 5) is 13.7. The average Bonchev–Trinajstić information content (AvgIpc) is 2.50. The zero-order valence-electron chi connectivity index (χ0n) is 13.7. The Labute approximate surface area is 132 Å². The van der Waals surface area contributed by atoms with E-state index in [1.165, 1.54) is 5.56 Å². The minimum Gasteiger partial charge on any atom is -0.366 e. The van der Waals surface area contributed by atoms with Gasteiger partial charge in [-0.15, -0.1) is 0 Å². The molecular formula is C17H25N5. The van der Waals surface area contributed by atoms with E-state index in [0.717, 1.165) is 49.4 Å². The Balaban J connectivity index is 1.68. The number of hydrogen-bond acceptors (Lipinski definition) is 5. The summed E-state index contributed by atoms with van der Waals surface area (Å²) in [5, 5.41) is 4.67. The lowest BCUT2D eigenvalue weighted by atomic mass is 10.1. The first-order valence-corrected chi connectivity index (χ1v) is 8.00. The van der Waals surface area contributed by atoms with Crippen molar-refractivity contribution in [2.45, 2.75) is 19.9 Å². The molecule has 0 aliphatic carbocycles. The van der Waals surface area contributed by atoms with E-state index in [-0.39, 0.29) is 0 Å². The normalized spacial score (nSPS) is 18.5. The van der Waals surface area contributed by atoms with Crippen LogP contribution in [0, 0.1) is 6.92 Å². The first-order chi connectivity index (χ1) is 10.6. The molecule has 2 heterocycles. The van der Waals surface area contributed by atoms with Gasteiger partial charge in [0.2, 0.25) is 0 Å². The van der Waals surface area contributed by atoms with Gasteiger partial charge in [-0.05, 0) is 33.0 Å². The van der Waals surface area contributed by atoms with Gasteiger partial charge in [0.15, 0.2) is 0 Å². The number of benzene rings is 1. The maximum Gasteiger partial charge on any atom is 0.137 e. The van der Waals surface area contributed by atoms with Crippen molar-refractivity contribution in [2.24, 2.45) is 0 Å². The van der Waals surface area contributed by atoms with Gasteiger partial charge in [0, 0.05) is 44.2 Å². The quantitative estimate of drug-likeness (QED) is 0.935. The van der Waals surface area contributed by atoms with Crippen LogP contribution in [0.25, 0.3) is 10.9 Å². The second kappa shape index (κ2) is 6.58. The van der Waals surface area contributed by atoms with Crippen molar-refractivity contribution in [3.63, 3.8) is 0 Å². The van der Waals surface area contributed by atoms with Gasteiger partial charge < -0.3 is 10.2 Å². The predicted octanol–water partition coefficient (Wildman–Crippen LogP) is 1.99. The van der Waals surface area contributed by atoms with E-state index in [1.807, 2.05) is 0 Å². The molecule has 1 aromatic heterocycles. The first-order valence-electron chi connectivity index (χ1n) is 8.00. The van der Waals surface area contributed by atoms with E-state index in [4.69, 9.17) is 0 Å². The maximum absolute atomic E-state index is 4.44. The number of hydrogen-bond donors (Lipinski definition) is 1. The molecule has 2 aromatic rings. The van der Waals surface area contributed by atoms with E-state index < -0.39 is 0 Å². The molecule has 0 amide bonds. The van der Waals surface area contributed by atoms with Crippen LogP contribution >= 0.6 is 0 Å². The molecular weight excluding hydrogens is 274 g/mol. The highest BCUT2D eigenvalue weighted by Gasteiger charge is 2.16. The molecule has 0 saturated carbocycles. The number of piperazine rings is 1. The molecule has 1 fully saturated rings. The summed E-state index contributed by atoms with van der Waals surface area (Å²) in [6.45, 7) is 9.97. The number of fused-ring (bicyclic) bond motifs is 1. The van der Waals surface area contributed by atoms with Crippen molar-refractivity contribution >= 4 is 16.7 Å². The fraction of sp³-hybridized carbons (Fsp3) is 0.529. The fourth-order valence-electron chi connectivity index (χ4n) is 2.98. The third kappa shape index (κ3) is 3.54. The average molecular weight is 299 g/mol. The maximum atomic E-state index is 4.44. The van der Waals surface area contributed by atoms with Crippen LogP contribution in [-0.2, 0) is 0 Å². The van der Waals surface area contributed by atoms with Crippen LogP contribution in [0.3, 0.4) is 0 Å². The molecule has 1 atom stereocenters. The van der Waals surface area contributed by atoms with Crippen molar-refractivity contribution < 1.29 is 0 Å². The van der Waals surface area contributed by atoms with E-state index in [2.05, 4.69) is 64.2 Å². The second-order valence-electron chi connectivity index (χ2n) is 6.39. The Kier molecular flexibility index (Phi) is 4.55. The van der Waals surface area contributed by atoms with E-state index in [9.17, 15) is 0 Å². The Morgan fingerprint density at radius 3 is 2.73 bits per heavy atom. The zero-order valence-corrected chi connectivity index (χ0v) is 13.7. The highest BCUT2D eigenvalue weighted by atomic mass is 15.3. The topological polar surface area (TPSA) is 44.3 Å². The second-order valence-corrected chi connectivity index (χ2v) is 6.39. The van der Waals surface area contributed by atoms with Crippen LogP contribution < -0.4 is 5.32 Å². The Hall–Kier alpha value is -1.72. The third-order valence-electron chi connectivity index (χ3n) is 4.30. The van der Waals surface area contributed by atoms with Gasteiger partial charge in [-0.3, -0.25) is 4.90 Å². The summed E-state index contributed by atoms with van der Waals surface area (Å²) >= 11 is 0. The van der Waals surface area contributed by atoms with Crippen LogP contribution in [0.15, 0.2) is 24.5 Å². The number of aromatic nitrogens is 2. The molecule has 0 spiro atoms. The number of rotatable bonds is 4. The van der Waals surface area contributed by atoms with Crippen molar-refractivity contribution in [3.8, 4) is 0 Å². The summed E-state index contributed by atoms with van der Waals surface area (Å²) in [5.74, 6) is 0.940. The molecule has 3 rings (SSSR count). The van der Waals surface area contributed by atoms with Crippen molar-refractivity contribution in [1.29, 1.82) is 0 Å². The van der Waals surface area contributed by atoms with Gasteiger partial charge >= 0.3 is 0 Å². The summed E-state index contributed by atoms with van der Waals surface area (Å²) in [5.41, 5.74) is 2.23. The van der Waals surface area contributed by atoms with Crippen molar-refractivity contribution in [1.82, 2.24) is 19.8 Å². The molecule has 1 aliphatic rings. The van der Waals surface area contributed by atoms with Gasteiger partial charge in [0.25, 0.3) is 0 Å². The van der Waals surface area contributed by atoms with Gasteiger partial charge in [-0.1, -0.05) is 11.6 Å². The van der Waals surface area contributed by atoms with E-state index in [1.54, 1.807) is 6.33 Å². The molecule has 1 unspecified atom stereocenters. The van der Waals surface area contributed by atoms with E-state index >= 15 is 0 Å². The van der Waals surface area contributed by atoms with Crippen molar-refractivity contribution in [3.05, 3.63) is 30.1 Å². The largest absolute Gasteiger partial charge is 0.366 e. The fourth-order valence-corrected chi connectivity index (χ4v) is 2.98. The van der Waals surface area contributed by atoms with Crippen LogP contribution in [0.5, 0.6) is 0 Å². The third-order valence-corrected chi connectivity index (χ3v) is 4.30. The number of likely N-dealkylation sites (N-methyl/N-ethyl adjacent to an activating group) is 1. The van der Waals surface area contributed by atoms with Gasteiger partial charge in [0.1, 0.15) is 12.1 Å². The molecule has 0 radical (unpaired) electrons. The molecule has 1 aliphatic heterocycles. The standard InChI is InChI=1S/C17H25N5/c1-13-4-5-16-15(10-13)17(19-12-18-16)20-14(2)11-22-8-6-21(3)7-9-22/h4-5,10,12,14H,6-9,11H2,1-3H3,(H,18,19,20). The molecule has 22 heavy (non-hydrogen) atoms. The number of nitrogens with one attached hydrogen (secondary N) is 1. The Morgan fingerprint density at radius 2 is 1.95 bits per heavy atom. The van der Waals surface area contributed by atoms with Gasteiger partial charge in [0.05, 0.1) is 5.52 Å². The van der Waals surface area contributed by atoms with Crippen molar-refractivity contribution in [2.75, 3.05) is 45.1 Å². The number of anilines is 1. The summed E-state index contributed by atoms with van der Waals surface area (Å²) in [6.07, 6.45) is 1.64. The van der Waals surface area contributed by atoms with Crippen LogP contribution in [-0.4, -0.2) is 65.6 Å². The lowest BCUT2D eigenvalue weighted by Crippen LogP contribution is -2.47. The Morgan fingerprint density at radius 1 is 1.18 bits per heavy atom. The SMILES string of the molecule is Cc1ccc2ncnc(NC(C)CN3CCN(C)CC3)c2c1. The monoisotopic (exact) mass is 299 g/mol. The smallest absolute Gasteiger partial charge is 0.137 e. The molecule has 5 nitrogen and oxygen atoms in total.